The fraction of sp³-hybridized carbons (Fsp3) is 0.562. The minimum atomic E-state index is -0.233. The zero-order valence-electron chi connectivity index (χ0n) is 12.1. The molecular formula is C16H22N2O2. The van der Waals surface area contributed by atoms with Crippen LogP contribution in [0.5, 0.6) is 0 Å². The highest BCUT2D eigenvalue weighted by Gasteiger charge is 2.41. The van der Waals surface area contributed by atoms with E-state index in [-0.39, 0.29) is 24.3 Å². The third-order valence-corrected chi connectivity index (χ3v) is 4.01. The van der Waals surface area contributed by atoms with E-state index in [4.69, 9.17) is 4.74 Å². The Labute approximate surface area is 120 Å². The Morgan fingerprint density at radius 2 is 2.15 bits per heavy atom. The van der Waals surface area contributed by atoms with Gasteiger partial charge in [-0.3, -0.25) is 4.79 Å². The van der Waals surface area contributed by atoms with E-state index in [1.807, 2.05) is 43.0 Å². The van der Waals surface area contributed by atoms with E-state index in [1.165, 1.54) is 0 Å². The van der Waals surface area contributed by atoms with Crippen LogP contribution in [0.2, 0.25) is 0 Å². The molecule has 2 aliphatic rings. The van der Waals surface area contributed by atoms with Gasteiger partial charge in [-0.05, 0) is 39.3 Å². The highest BCUT2D eigenvalue weighted by atomic mass is 16.5. The second-order valence-electron chi connectivity index (χ2n) is 5.84. The molecule has 20 heavy (non-hydrogen) atoms. The van der Waals surface area contributed by atoms with Crippen molar-refractivity contribution in [3.8, 4) is 0 Å². The van der Waals surface area contributed by atoms with Gasteiger partial charge in [-0.2, -0.15) is 0 Å². The number of fused-ring (bicyclic) bond motifs is 1. The molecule has 4 heteroatoms. The van der Waals surface area contributed by atoms with Crippen LogP contribution in [-0.4, -0.2) is 36.0 Å². The van der Waals surface area contributed by atoms with E-state index in [1.54, 1.807) is 0 Å². The Bertz CT molecular complexity index is 495. The Hall–Kier alpha value is -1.39. The van der Waals surface area contributed by atoms with E-state index >= 15 is 0 Å². The Morgan fingerprint density at radius 3 is 2.85 bits per heavy atom. The summed E-state index contributed by atoms with van der Waals surface area (Å²) in [6.45, 7) is 5.93. The van der Waals surface area contributed by atoms with Gasteiger partial charge in [0.05, 0.1) is 6.10 Å². The summed E-state index contributed by atoms with van der Waals surface area (Å²) in [6.07, 6.45) is 2.02. The van der Waals surface area contributed by atoms with Gasteiger partial charge in [0.1, 0.15) is 0 Å². The van der Waals surface area contributed by atoms with E-state index < -0.39 is 0 Å². The Kier molecular flexibility index (Phi) is 3.76. The van der Waals surface area contributed by atoms with Gasteiger partial charge in [0, 0.05) is 23.7 Å². The number of nitrogens with zero attached hydrogens (tertiary/aromatic N) is 1. The summed E-state index contributed by atoms with van der Waals surface area (Å²) >= 11 is 0. The maximum absolute atomic E-state index is 12.7. The van der Waals surface area contributed by atoms with Gasteiger partial charge in [-0.1, -0.05) is 18.2 Å². The molecule has 2 atom stereocenters. The number of ether oxygens (including phenoxy) is 1. The predicted octanol–water partition coefficient (Wildman–Crippen LogP) is 2.32. The van der Waals surface area contributed by atoms with Crippen LogP contribution in [0.1, 0.15) is 48.8 Å². The van der Waals surface area contributed by atoms with Crippen molar-refractivity contribution in [3.05, 3.63) is 35.4 Å². The number of nitrogens with one attached hydrogen (secondary N) is 1. The minimum absolute atomic E-state index is 0.0954. The third kappa shape index (κ3) is 2.34. The second kappa shape index (κ2) is 5.54. The molecular weight excluding hydrogens is 252 g/mol. The molecule has 0 saturated carbocycles. The molecule has 1 aromatic carbocycles. The minimum Gasteiger partial charge on any atom is -0.351 e. The summed E-state index contributed by atoms with van der Waals surface area (Å²) in [7, 11) is 0. The number of amides is 1. The van der Waals surface area contributed by atoms with E-state index in [9.17, 15) is 4.79 Å². The zero-order valence-corrected chi connectivity index (χ0v) is 12.1. The summed E-state index contributed by atoms with van der Waals surface area (Å²) < 4.78 is 6.05. The van der Waals surface area contributed by atoms with E-state index in [0.717, 1.165) is 37.1 Å². The predicted molar refractivity (Wildman–Crippen MR) is 77.5 cm³/mol. The number of rotatable bonds is 3. The Balaban J connectivity index is 1.93. The maximum Gasteiger partial charge on any atom is 0.256 e. The van der Waals surface area contributed by atoms with Crippen LogP contribution in [0.3, 0.4) is 0 Å². The van der Waals surface area contributed by atoms with Crippen molar-refractivity contribution in [2.75, 3.05) is 13.1 Å². The van der Waals surface area contributed by atoms with Gasteiger partial charge < -0.3 is 15.0 Å². The van der Waals surface area contributed by atoms with Gasteiger partial charge >= 0.3 is 0 Å². The number of carbonyl (C=O) groups excluding carboxylic acids is 1. The first-order valence-corrected chi connectivity index (χ1v) is 7.46. The van der Waals surface area contributed by atoms with Crippen LogP contribution < -0.4 is 5.32 Å². The largest absolute Gasteiger partial charge is 0.351 e. The molecule has 1 aromatic rings. The van der Waals surface area contributed by atoms with Gasteiger partial charge in [0.25, 0.3) is 5.91 Å². The average molecular weight is 274 g/mol. The number of hydrogen-bond acceptors (Lipinski definition) is 3. The highest BCUT2D eigenvalue weighted by Crippen LogP contribution is 2.37. The molecule has 1 amide bonds. The fourth-order valence-electron chi connectivity index (χ4n) is 3.13. The van der Waals surface area contributed by atoms with Crippen LogP contribution in [0, 0.1) is 0 Å². The number of hydrogen-bond donors (Lipinski definition) is 1. The van der Waals surface area contributed by atoms with Crippen molar-refractivity contribution in [2.45, 2.75) is 45.1 Å². The first-order valence-electron chi connectivity index (χ1n) is 7.46. The first kappa shape index (κ1) is 13.6. The fourth-order valence-corrected chi connectivity index (χ4v) is 3.13. The lowest BCUT2D eigenvalue weighted by Gasteiger charge is -2.36. The SMILES string of the molecule is CC(C)OC1c2ccccc2C(=O)N1C1CCCNC1. The van der Waals surface area contributed by atoms with Gasteiger partial charge in [0.15, 0.2) is 6.23 Å². The molecule has 4 nitrogen and oxygen atoms in total. The third-order valence-electron chi connectivity index (χ3n) is 4.01. The van der Waals surface area contributed by atoms with Crippen LogP contribution in [0.15, 0.2) is 24.3 Å². The topological polar surface area (TPSA) is 41.6 Å². The summed E-state index contributed by atoms with van der Waals surface area (Å²) in [5.41, 5.74) is 1.81. The van der Waals surface area contributed by atoms with Crippen molar-refractivity contribution in [1.29, 1.82) is 0 Å². The molecule has 0 radical (unpaired) electrons. The number of benzene rings is 1. The van der Waals surface area contributed by atoms with Gasteiger partial charge in [0.2, 0.25) is 0 Å². The van der Waals surface area contributed by atoms with Crippen molar-refractivity contribution in [3.63, 3.8) is 0 Å². The molecule has 1 fully saturated rings. The van der Waals surface area contributed by atoms with Crippen LogP contribution in [0.25, 0.3) is 0 Å². The summed E-state index contributed by atoms with van der Waals surface area (Å²) in [4.78, 5) is 14.6. The summed E-state index contributed by atoms with van der Waals surface area (Å²) in [5.74, 6) is 0.111. The van der Waals surface area contributed by atoms with Crippen molar-refractivity contribution >= 4 is 5.91 Å². The van der Waals surface area contributed by atoms with Crippen molar-refractivity contribution in [2.24, 2.45) is 0 Å². The van der Waals surface area contributed by atoms with Crippen LogP contribution in [0.4, 0.5) is 0 Å². The monoisotopic (exact) mass is 274 g/mol. The van der Waals surface area contributed by atoms with Gasteiger partial charge in [-0.25, -0.2) is 0 Å². The molecule has 1 saturated heterocycles. The Morgan fingerprint density at radius 1 is 1.35 bits per heavy atom. The lowest BCUT2D eigenvalue weighted by molar-refractivity contribution is -0.0846. The normalized spacial score (nSPS) is 26.1. The molecule has 2 heterocycles. The number of piperidine rings is 1. The molecule has 0 bridgehead atoms. The average Bonchev–Trinajstić information content (AvgIpc) is 2.73. The molecule has 108 valence electrons. The van der Waals surface area contributed by atoms with E-state index in [2.05, 4.69) is 5.32 Å². The highest BCUT2D eigenvalue weighted by molar-refractivity contribution is 5.99. The molecule has 1 N–H and O–H groups in total. The molecule has 0 spiro atoms. The summed E-state index contributed by atoms with van der Waals surface area (Å²) in [6, 6.07) is 8.05. The van der Waals surface area contributed by atoms with Crippen molar-refractivity contribution < 1.29 is 9.53 Å². The standard InChI is InChI=1S/C16H22N2O2/c1-11(2)20-16-14-8-4-3-7-13(14)15(19)18(16)12-6-5-9-17-10-12/h3-4,7-8,11-12,16-17H,5-6,9-10H2,1-2H3. The smallest absolute Gasteiger partial charge is 0.256 e. The van der Waals surface area contributed by atoms with Gasteiger partial charge in [-0.15, -0.1) is 0 Å². The zero-order chi connectivity index (χ0) is 14.1. The molecule has 3 rings (SSSR count). The molecule has 0 aliphatic carbocycles. The second-order valence-corrected chi connectivity index (χ2v) is 5.84. The molecule has 2 unspecified atom stereocenters. The number of carbonyl (C=O) groups is 1. The quantitative estimate of drug-likeness (QED) is 0.919. The summed E-state index contributed by atoms with van der Waals surface area (Å²) in [5, 5.41) is 3.38. The lowest BCUT2D eigenvalue weighted by Crippen LogP contribution is -2.48. The lowest BCUT2D eigenvalue weighted by atomic mass is 10.1. The van der Waals surface area contributed by atoms with Crippen LogP contribution >= 0.6 is 0 Å². The maximum atomic E-state index is 12.7. The van der Waals surface area contributed by atoms with Crippen LogP contribution in [-0.2, 0) is 4.74 Å². The molecule has 2 aliphatic heterocycles. The first-order chi connectivity index (χ1) is 9.68. The van der Waals surface area contributed by atoms with Crippen molar-refractivity contribution in [1.82, 2.24) is 10.2 Å². The van der Waals surface area contributed by atoms with E-state index in [0.29, 0.717) is 0 Å². The molecule has 0 aromatic heterocycles.